The molecule has 1 aromatic carbocycles. The number of halogens is 3. The van der Waals surface area contributed by atoms with E-state index < -0.39 is 17.8 Å². The molecule has 0 fully saturated rings. The van der Waals surface area contributed by atoms with Crippen molar-refractivity contribution in [3.05, 3.63) is 55.4 Å². The van der Waals surface area contributed by atoms with Gasteiger partial charge in [-0.15, -0.1) is 11.3 Å². The predicted molar refractivity (Wildman–Crippen MR) is 80.2 cm³/mol. The molecule has 0 aliphatic carbocycles. The number of aliphatic hydroxyl groups excluding tert-OH is 1. The smallest absolute Gasteiger partial charge is 0.145 e. The number of hydrogen-bond acceptors (Lipinski definition) is 3. The molecule has 19 heavy (non-hydrogen) atoms. The Morgan fingerprint density at radius 1 is 1.37 bits per heavy atom. The lowest BCUT2D eigenvalue weighted by Gasteiger charge is -2.21. The first-order valence-electron chi connectivity index (χ1n) is 5.62. The highest BCUT2D eigenvalue weighted by molar-refractivity contribution is 9.11. The molecule has 0 amide bonds. The number of hydrogen-bond donors (Lipinski definition) is 2. The van der Waals surface area contributed by atoms with E-state index >= 15 is 0 Å². The Kier molecular flexibility index (Phi) is 4.97. The fourth-order valence-electron chi connectivity index (χ4n) is 1.92. The maximum absolute atomic E-state index is 14.0. The normalized spacial score (nSPS) is 14.4. The molecular weight excluding hydrogens is 353 g/mol. The molecular formula is C13H12BrClFNOS. The van der Waals surface area contributed by atoms with Gasteiger partial charge < -0.3 is 10.8 Å². The Morgan fingerprint density at radius 2 is 2.11 bits per heavy atom. The van der Waals surface area contributed by atoms with Crippen LogP contribution >= 0.6 is 38.9 Å². The summed E-state index contributed by atoms with van der Waals surface area (Å²) < 4.78 is 14.9. The van der Waals surface area contributed by atoms with E-state index in [1.807, 2.05) is 6.07 Å². The van der Waals surface area contributed by atoms with Crippen molar-refractivity contribution < 1.29 is 9.50 Å². The summed E-state index contributed by atoms with van der Waals surface area (Å²) in [7, 11) is 0. The molecule has 102 valence electrons. The topological polar surface area (TPSA) is 46.2 Å². The predicted octanol–water partition coefficient (Wildman–Crippen LogP) is 4.08. The van der Waals surface area contributed by atoms with Crippen LogP contribution in [0, 0.1) is 5.82 Å². The standard InChI is InChI=1S/C13H12BrClFNOS/c14-11-5-4-10(19-11)13(18)8(6-17)7-2-1-3-9(15)12(7)16/h1-5,8,13,18H,6,17H2. The molecule has 0 saturated heterocycles. The van der Waals surface area contributed by atoms with Gasteiger partial charge in [0, 0.05) is 17.3 Å². The summed E-state index contributed by atoms with van der Waals surface area (Å²) >= 11 is 10.5. The molecule has 2 aromatic rings. The van der Waals surface area contributed by atoms with Crippen molar-refractivity contribution in [2.45, 2.75) is 12.0 Å². The van der Waals surface area contributed by atoms with Crippen molar-refractivity contribution in [2.75, 3.05) is 6.54 Å². The first-order chi connectivity index (χ1) is 9.04. The number of thiophene rings is 1. The SMILES string of the molecule is NCC(c1cccc(Cl)c1F)C(O)c1ccc(Br)s1. The molecule has 0 spiro atoms. The van der Waals surface area contributed by atoms with Crippen molar-refractivity contribution in [1.29, 1.82) is 0 Å². The summed E-state index contributed by atoms with van der Waals surface area (Å²) in [6.45, 7) is 0.133. The lowest BCUT2D eigenvalue weighted by atomic mass is 9.92. The zero-order valence-corrected chi connectivity index (χ0v) is 13.0. The zero-order chi connectivity index (χ0) is 14.0. The van der Waals surface area contributed by atoms with Crippen LogP contribution in [0.1, 0.15) is 22.5 Å². The van der Waals surface area contributed by atoms with Gasteiger partial charge in [0.2, 0.25) is 0 Å². The number of aliphatic hydroxyl groups is 1. The van der Waals surface area contributed by atoms with E-state index in [0.29, 0.717) is 5.56 Å². The van der Waals surface area contributed by atoms with Crippen LogP contribution in [0.2, 0.25) is 5.02 Å². The average Bonchev–Trinajstić information content (AvgIpc) is 2.82. The molecule has 0 bridgehead atoms. The summed E-state index contributed by atoms with van der Waals surface area (Å²) in [5, 5.41) is 10.4. The van der Waals surface area contributed by atoms with Crippen LogP contribution in [0.15, 0.2) is 34.1 Å². The third kappa shape index (κ3) is 3.17. The molecule has 0 aliphatic rings. The Balaban J connectivity index is 2.36. The van der Waals surface area contributed by atoms with Crippen molar-refractivity contribution in [2.24, 2.45) is 5.73 Å². The molecule has 2 unspecified atom stereocenters. The largest absolute Gasteiger partial charge is 0.387 e. The number of nitrogens with two attached hydrogens (primary N) is 1. The minimum atomic E-state index is -0.853. The Bertz CT molecular complexity index is 578. The lowest BCUT2D eigenvalue weighted by Crippen LogP contribution is -2.20. The molecule has 3 N–H and O–H groups in total. The van der Waals surface area contributed by atoms with Gasteiger partial charge in [-0.2, -0.15) is 0 Å². The van der Waals surface area contributed by atoms with Gasteiger partial charge in [-0.3, -0.25) is 0 Å². The van der Waals surface area contributed by atoms with Crippen LogP contribution in [0.4, 0.5) is 4.39 Å². The first-order valence-corrected chi connectivity index (χ1v) is 7.60. The monoisotopic (exact) mass is 363 g/mol. The van der Waals surface area contributed by atoms with Crippen molar-refractivity contribution in [3.63, 3.8) is 0 Å². The highest BCUT2D eigenvalue weighted by atomic mass is 79.9. The van der Waals surface area contributed by atoms with Crippen LogP contribution in [0.25, 0.3) is 0 Å². The number of rotatable bonds is 4. The Hall–Kier alpha value is -0.460. The Labute approximate surface area is 128 Å². The van der Waals surface area contributed by atoms with Gasteiger partial charge in [0.1, 0.15) is 5.82 Å². The van der Waals surface area contributed by atoms with E-state index in [9.17, 15) is 9.50 Å². The second kappa shape index (κ2) is 6.33. The van der Waals surface area contributed by atoms with E-state index in [0.717, 1.165) is 8.66 Å². The Morgan fingerprint density at radius 3 is 2.68 bits per heavy atom. The summed E-state index contributed by atoms with van der Waals surface area (Å²) in [5.41, 5.74) is 6.03. The van der Waals surface area contributed by atoms with Gasteiger partial charge in [0.25, 0.3) is 0 Å². The van der Waals surface area contributed by atoms with E-state index in [-0.39, 0.29) is 11.6 Å². The minimum absolute atomic E-state index is 0.0375. The van der Waals surface area contributed by atoms with Gasteiger partial charge in [0.15, 0.2) is 0 Å². The lowest BCUT2D eigenvalue weighted by molar-refractivity contribution is 0.149. The van der Waals surface area contributed by atoms with Crippen LogP contribution in [0.5, 0.6) is 0 Å². The first kappa shape index (κ1) is 14.9. The molecule has 0 radical (unpaired) electrons. The quantitative estimate of drug-likeness (QED) is 0.858. The van der Waals surface area contributed by atoms with Crippen molar-refractivity contribution in [3.8, 4) is 0 Å². The molecule has 2 nitrogen and oxygen atoms in total. The van der Waals surface area contributed by atoms with E-state index in [4.69, 9.17) is 17.3 Å². The van der Waals surface area contributed by atoms with Gasteiger partial charge in [-0.1, -0.05) is 23.7 Å². The van der Waals surface area contributed by atoms with Gasteiger partial charge in [-0.25, -0.2) is 4.39 Å². The zero-order valence-electron chi connectivity index (χ0n) is 9.82. The average molecular weight is 365 g/mol. The third-order valence-corrected chi connectivity index (χ3v) is 4.89. The van der Waals surface area contributed by atoms with Crippen LogP contribution in [-0.4, -0.2) is 11.7 Å². The van der Waals surface area contributed by atoms with E-state index in [1.165, 1.54) is 17.4 Å². The van der Waals surface area contributed by atoms with E-state index in [2.05, 4.69) is 15.9 Å². The molecule has 0 saturated carbocycles. The minimum Gasteiger partial charge on any atom is -0.387 e. The fraction of sp³-hybridized carbons (Fsp3) is 0.231. The molecule has 6 heteroatoms. The fourth-order valence-corrected chi connectivity index (χ4v) is 3.58. The highest BCUT2D eigenvalue weighted by Crippen LogP contribution is 2.37. The molecule has 0 aliphatic heterocycles. The van der Waals surface area contributed by atoms with Crippen LogP contribution < -0.4 is 5.73 Å². The molecule has 1 aromatic heterocycles. The van der Waals surface area contributed by atoms with Gasteiger partial charge in [0.05, 0.1) is 14.9 Å². The summed E-state index contributed by atoms with van der Waals surface area (Å²) in [4.78, 5) is 0.738. The summed E-state index contributed by atoms with van der Waals surface area (Å²) in [6, 6.07) is 8.36. The van der Waals surface area contributed by atoms with E-state index in [1.54, 1.807) is 18.2 Å². The maximum Gasteiger partial charge on any atom is 0.145 e. The second-order valence-electron chi connectivity index (χ2n) is 4.07. The van der Waals surface area contributed by atoms with Crippen LogP contribution in [-0.2, 0) is 0 Å². The van der Waals surface area contributed by atoms with Crippen molar-refractivity contribution >= 4 is 38.9 Å². The highest BCUT2D eigenvalue weighted by Gasteiger charge is 2.26. The molecule has 1 heterocycles. The van der Waals surface area contributed by atoms with Gasteiger partial charge >= 0.3 is 0 Å². The van der Waals surface area contributed by atoms with Crippen LogP contribution in [0.3, 0.4) is 0 Å². The summed E-state index contributed by atoms with van der Waals surface area (Å²) in [5.74, 6) is -1.04. The molecule has 2 rings (SSSR count). The number of benzene rings is 1. The summed E-state index contributed by atoms with van der Waals surface area (Å²) in [6.07, 6.45) is -0.853. The molecule has 2 atom stereocenters. The third-order valence-electron chi connectivity index (χ3n) is 2.90. The van der Waals surface area contributed by atoms with Crippen molar-refractivity contribution in [1.82, 2.24) is 0 Å². The second-order valence-corrected chi connectivity index (χ2v) is 6.97. The maximum atomic E-state index is 14.0. The van der Waals surface area contributed by atoms with Gasteiger partial charge in [-0.05, 0) is 39.7 Å².